The van der Waals surface area contributed by atoms with Gasteiger partial charge in [0.2, 0.25) is 15.0 Å². The minimum absolute atomic E-state index is 0.213. The van der Waals surface area contributed by atoms with Gasteiger partial charge in [-0.2, -0.15) is 4.31 Å². The summed E-state index contributed by atoms with van der Waals surface area (Å²) in [6, 6.07) is 15.4. The van der Waals surface area contributed by atoms with E-state index in [0.717, 1.165) is 23.3 Å². The van der Waals surface area contributed by atoms with Gasteiger partial charge < -0.3 is 5.32 Å². The summed E-state index contributed by atoms with van der Waals surface area (Å²) in [5.41, 5.74) is 1.77. The third kappa shape index (κ3) is 4.07. The van der Waals surface area contributed by atoms with Gasteiger partial charge in [0.1, 0.15) is 5.01 Å². The van der Waals surface area contributed by atoms with Crippen LogP contribution in [0, 0.1) is 6.92 Å². The Morgan fingerprint density at radius 2 is 1.83 bits per heavy atom. The number of benzene rings is 2. The number of carbonyl (C=O) groups is 1. The van der Waals surface area contributed by atoms with Crippen molar-refractivity contribution in [3.05, 3.63) is 70.2 Å². The fraction of sp³-hybridized carbons (Fsp3) is 0.250. The van der Waals surface area contributed by atoms with Crippen molar-refractivity contribution in [3.63, 3.8) is 0 Å². The van der Waals surface area contributed by atoms with Gasteiger partial charge >= 0.3 is 0 Å². The van der Waals surface area contributed by atoms with Gasteiger partial charge in [-0.05, 0) is 44.0 Å². The Morgan fingerprint density at radius 1 is 1.10 bits per heavy atom. The molecule has 150 valence electrons. The molecular weight excluding hydrogens is 408 g/mol. The average Bonchev–Trinajstić information content (AvgIpc) is 3.40. The lowest BCUT2D eigenvalue weighted by Gasteiger charge is -2.22. The lowest BCUT2D eigenvalue weighted by atomic mass is 10.2. The quantitative estimate of drug-likeness (QED) is 0.670. The third-order valence-electron chi connectivity index (χ3n) is 4.78. The van der Waals surface area contributed by atoms with Crippen LogP contribution in [0.3, 0.4) is 0 Å². The molecule has 29 heavy (non-hydrogen) atoms. The van der Waals surface area contributed by atoms with E-state index in [4.69, 9.17) is 0 Å². The van der Waals surface area contributed by atoms with Crippen molar-refractivity contribution >= 4 is 33.0 Å². The van der Waals surface area contributed by atoms with Crippen molar-refractivity contribution in [1.29, 1.82) is 0 Å². The van der Waals surface area contributed by atoms with Crippen molar-refractivity contribution < 1.29 is 13.2 Å². The standard InChI is InChI=1S/C20H20N4O3S2/c1-14-9-11-15(12-10-14)21-18(25)20-23-22-19(28-20)17-8-5-13-24(17)29(26,27)16-6-3-2-4-7-16/h2-4,6-7,9-12,17H,5,8,13H2,1H3,(H,21,25)/t17-/m1/s1. The highest BCUT2D eigenvalue weighted by molar-refractivity contribution is 7.89. The highest BCUT2D eigenvalue weighted by Crippen LogP contribution is 2.37. The van der Waals surface area contributed by atoms with E-state index in [9.17, 15) is 13.2 Å². The molecule has 1 aliphatic rings. The second-order valence-corrected chi connectivity index (χ2v) is 9.75. The normalized spacial score (nSPS) is 17.3. The molecule has 0 spiro atoms. The van der Waals surface area contributed by atoms with Crippen molar-refractivity contribution in [1.82, 2.24) is 14.5 Å². The van der Waals surface area contributed by atoms with Crippen LogP contribution in [0.15, 0.2) is 59.5 Å². The van der Waals surface area contributed by atoms with E-state index in [1.165, 1.54) is 4.31 Å². The van der Waals surface area contributed by atoms with Gasteiger partial charge in [0.15, 0.2) is 0 Å². The summed E-state index contributed by atoms with van der Waals surface area (Å²) in [5.74, 6) is -0.354. The first-order valence-corrected chi connectivity index (χ1v) is 11.5. The van der Waals surface area contributed by atoms with Crippen LogP contribution in [0.4, 0.5) is 5.69 Å². The topological polar surface area (TPSA) is 92.3 Å². The van der Waals surface area contributed by atoms with Crippen LogP contribution in [0.1, 0.15) is 39.3 Å². The molecule has 1 amide bonds. The predicted molar refractivity (Wildman–Crippen MR) is 111 cm³/mol. The predicted octanol–water partition coefficient (Wildman–Crippen LogP) is 3.62. The number of anilines is 1. The third-order valence-corrected chi connectivity index (χ3v) is 7.73. The molecule has 1 aromatic heterocycles. The highest BCUT2D eigenvalue weighted by Gasteiger charge is 2.38. The molecule has 1 fully saturated rings. The first-order valence-electron chi connectivity index (χ1n) is 9.23. The Labute approximate surface area is 173 Å². The molecule has 0 radical (unpaired) electrons. The van der Waals surface area contributed by atoms with Gasteiger partial charge in [-0.25, -0.2) is 8.42 Å². The lowest BCUT2D eigenvalue weighted by Crippen LogP contribution is -2.30. The van der Waals surface area contributed by atoms with E-state index in [1.807, 2.05) is 31.2 Å². The summed E-state index contributed by atoms with van der Waals surface area (Å²) in [6.07, 6.45) is 1.39. The van der Waals surface area contributed by atoms with Gasteiger partial charge in [0, 0.05) is 12.2 Å². The van der Waals surface area contributed by atoms with Crippen LogP contribution >= 0.6 is 11.3 Å². The minimum Gasteiger partial charge on any atom is -0.320 e. The molecule has 0 unspecified atom stereocenters. The molecule has 1 aliphatic heterocycles. The first kappa shape index (κ1) is 19.7. The molecule has 9 heteroatoms. The smallest absolute Gasteiger partial charge is 0.286 e. The molecule has 0 aliphatic carbocycles. The molecule has 7 nitrogen and oxygen atoms in total. The maximum Gasteiger partial charge on any atom is 0.286 e. The zero-order chi connectivity index (χ0) is 20.4. The van der Waals surface area contributed by atoms with Crippen LogP contribution in [0.25, 0.3) is 0 Å². The summed E-state index contributed by atoms with van der Waals surface area (Å²) < 4.78 is 27.5. The Balaban J connectivity index is 1.54. The zero-order valence-corrected chi connectivity index (χ0v) is 17.4. The SMILES string of the molecule is Cc1ccc(NC(=O)c2nnc([C@H]3CCCN3S(=O)(=O)c3ccccc3)s2)cc1. The number of aromatic nitrogens is 2. The number of amides is 1. The Kier molecular flexibility index (Phi) is 5.44. The molecule has 4 rings (SSSR count). The van der Waals surface area contributed by atoms with Crippen LogP contribution in [-0.2, 0) is 10.0 Å². The molecular formula is C20H20N4O3S2. The maximum atomic E-state index is 13.0. The number of hydrogen-bond acceptors (Lipinski definition) is 6. The van der Waals surface area contributed by atoms with Crippen LogP contribution in [0.5, 0.6) is 0 Å². The molecule has 3 aromatic rings. The van der Waals surface area contributed by atoms with E-state index in [0.29, 0.717) is 23.7 Å². The van der Waals surface area contributed by atoms with Gasteiger partial charge in [-0.1, -0.05) is 47.2 Å². The summed E-state index contributed by atoms with van der Waals surface area (Å²) in [4.78, 5) is 12.8. The van der Waals surface area contributed by atoms with Crippen molar-refractivity contribution in [2.75, 3.05) is 11.9 Å². The Bertz CT molecular complexity index is 1110. The number of aryl methyl sites for hydroxylation is 1. The fourth-order valence-corrected chi connectivity index (χ4v) is 5.92. The van der Waals surface area contributed by atoms with Crippen molar-refractivity contribution in [2.24, 2.45) is 0 Å². The molecule has 1 N–H and O–H groups in total. The number of hydrogen-bond donors (Lipinski definition) is 1. The average molecular weight is 429 g/mol. The Morgan fingerprint density at radius 3 is 2.55 bits per heavy atom. The lowest BCUT2D eigenvalue weighted by molar-refractivity contribution is 0.102. The highest BCUT2D eigenvalue weighted by atomic mass is 32.2. The van der Waals surface area contributed by atoms with Gasteiger partial charge in [-0.15, -0.1) is 10.2 Å². The summed E-state index contributed by atoms with van der Waals surface area (Å²) in [5, 5.41) is 11.7. The summed E-state index contributed by atoms with van der Waals surface area (Å²) in [6.45, 7) is 2.39. The van der Waals surface area contributed by atoms with E-state index in [-0.39, 0.29) is 15.8 Å². The molecule has 0 saturated carbocycles. The van der Waals surface area contributed by atoms with Gasteiger partial charge in [0.05, 0.1) is 10.9 Å². The van der Waals surface area contributed by atoms with E-state index in [1.54, 1.807) is 30.3 Å². The molecule has 1 saturated heterocycles. The number of nitrogens with one attached hydrogen (secondary N) is 1. The van der Waals surface area contributed by atoms with Crippen LogP contribution in [0.2, 0.25) is 0 Å². The summed E-state index contributed by atoms with van der Waals surface area (Å²) in [7, 11) is -3.63. The second-order valence-electron chi connectivity index (χ2n) is 6.85. The van der Waals surface area contributed by atoms with Crippen LogP contribution < -0.4 is 5.32 Å². The van der Waals surface area contributed by atoms with E-state index < -0.39 is 16.1 Å². The van der Waals surface area contributed by atoms with Crippen molar-refractivity contribution in [3.8, 4) is 0 Å². The first-order chi connectivity index (χ1) is 13.9. The molecule has 0 bridgehead atoms. The molecule has 1 atom stereocenters. The second kappa shape index (κ2) is 8.02. The zero-order valence-electron chi connectivity index (χ0n) is 15.8. The molecule has 2 aromatic carbocycles. The fourth-order valence-electron chi connectivity index (χ4n) is 3.28. The van der Waals surface area contributed by atoms with Gasteiger partial charge in [-0.3, -0.25) is 4.79 Å². The minimum atomic E-state index is -3.63. The van der Waals surface area contributed by atoms with E-state index >= 15 is 0 Å². The van der Waals surface area contributed by atoms with E-state index in [2.05, 4.69) is 15.5 Å². The van der Waals surface area contributed by atoms with Gasteiger partial charge in [0.25, 0.3) is 5.91 Å². The van der Waals surface area contributed by atoms with Crippen molar-refractivity contribution in [2.45, 2.75) is 30.7 Å². The Hall–Kier alpha value is -2.62. The number of nitrogens with zero attached hydrogens (tertiary/aromatic N) is 3. The number of rotatable bonds is 5. The largest absolute Gasteiger partial charge is 0.320 e. The number of carbonyl (C=O) groups excluding carboxylic acids is 1. The monoisotopic (exact) mass is 428 g/mol. The van der Waals surface area contributed by atoms with Crippen LogP contribution in [-0.4, -0.2) is 35.4 Å². The number of sulfonamides is 1. The maximum absolute atomic E-state index is 13.0. The summed E-state index contributed by atoms with van der Waals surface area (Å²) >= 11 is 1.14. The molecule has 2 heterocycles.